The maximum atomic E-state index is 4.84. The zero-order valence-electron chi connectivity index (χ0n) is 8.72. The van der Waals surface area contributed by atoms with E-state index in [1.807, 2.05) is 26.8 Å². The summed E-state index contributed by atoms with van der Waals surface area (Å²) in [4.78, 5) is 4.07. The molecule has 0 atom stereocenters. The molecular formula is C10H19NO. The van der Waals surface area contributed by atoms with E-state index in [1.165, 1.54) is 0 Å². The van der Waals surface area contributed by atoms with Crippen LogP contribution in [0.3, 0.4) is 0 Å². The van der Waals surface area contributed by atoms with Crippen LogP contribution < -0.4 is 0 Å². The Morgan fingerprint density at radius 3 is 2.17 bits per heavy atom. The molecule has 0 saturated heterocycles. The second-order valence-corrected chi connectivity index (χ2v) is 1.88. The molecule has 0 spiro atoms. The lowest BCUT2D eigenvalue weighted by molar-refractivity contribution is 0.399. The smallest absolute Gasteiger partial charge is 0.184 e. The maximum Gasteiger partial charge on any atom is 0.184 e. The third kappa shape index (κ3) is 8.95. The molecule has 0 fully saturated rings. The second kappa shape index (κ2) is 9.95. The van der Waals surface area contributed by atoms with Crippen LogP contribution in [0.1, 0.15) is 27.7 Å². The van der Waals surface area contributed by atoms with Crippen LogP contribution in [0.4, 0.5) is 0 Å². The van der Waals surface area contributed by atoms with Crippen molar-refractivity contribution in [2.45, 2.75) is 27.7 Å². The quantitative estimate of drug-likeness (QED) is 0.353. The Kier molecular flexibility index (Phi) is 11.2. The van der Waals surface area contributed by atoms with Gasteiger partial charge in [-0.3, -0.25) is 0 Å². The van der Waals surface area contributed by atoms with E-state index < -0.39 is 0 Å². The minimum Gasteiger partial charge on any atom is -0.484 e. The fourth-order valence-corrected chi connectivity index (χ4v) is 0.502. The van der Waals surface area contributed by atoms with Crippen LogP contribution in [0.15, 0.2) is 29.4 Å². The van der Waals surface area contributed by atoms with Gasteiger partial charge in [-0.1, -0.05) is 26.5 Å². The number of hydrogen-bond donors (Lipinski definition) is 0. The van der Waals surface area contributed by atoms with Gasteiger partial charge in [-0.15, -0.1) is 0 Å². The Labute approximate surface area is 75.7 Å². The van der Waals surface area contributed by atoms with E-state index in [-0.39, 0.29) is 0 Å². The summed E-state index contributed by atoms with van der Waals surface area (Å²) in [5, 5.41) is 0. The number of ether oxygens (including phenoxy) is 1. The Balaban J connectivity index is 0. The SMILES string of the molecule is C=C/C=C(\C)N=C(C)OC.CC. The Bertz CT molecular complexity index is 169. The van der Waals surface area contributed by atoms with Gasteiger partial charge in [0.05, 0.1) is 7.11 Å². The van der Waals surface area contributed by atoms with Gasteiger partial charge in [-0.2, -0.15) is 0 Å². The third-order valence-electron chi connectivity index (χ3n) is 0.988. The molecule has 12 heavy (non-hydrogen) atoms. The topological polar surface area (TPSA) is 21.6 Å². The molecule has 2 heteroatoms. The monoisotopic (exact) mass is 169 g/mol. The summed E-state index contributed by atoms with van der Waals surface area (Å²) in [5.74, 6) is 0.663. The third-order valence-corrected chi connectivity index (χ3v) is 0.988. The molecule has 0 amide bonds. The van der Waals surface area contributed by atoms with Crippen LogP contribution >= 0.6 is 0 Å². The van der Waals surface area contributed by atoms with E-state index in [0.717, 1.165) is 5.70 Å². The van der Waals surface area contributed by atoms with Gasteiger partial charge in [0.25, 0.3) is 0 Å². The predicted molar refractivity (Wildman–Crippen MR) is 55.4 cm³/mol. The number of methoxy groups -OCH3 is 1. The van der Waals surface area contributed by atoms with Gasteiger partial charge in [-0.25, -0.2) is 4.99 Å². The first-order valence-corrected chi connectivity index (χ1v) is 4.09. The van der Waals surface area contributed by atoms with E-state index in [9.17, 15) is 0 Å². The van der Waals surface area contributed by atoms with Crippen molar-refractivity contribution in [3.63, 3.8) is 0 Å². The van der Waals surface area contributed by atoms with Crippen LogP contribution in [0.2, 0.25) is 0 Å². The number of allylic oxidation sites excluding steroid dienone is 3. The predicted octanol–water partition coefficient (Wildman–Crippen LogP) is 3.17. The van der Waals surface area contributed by atoms with Crippen molar-refractivity contribution in [1.82, 2.24) is 0 Å². The molecule has 2 nitrogen and oxygen atoms in total. The average Bonchev–Trinajstić information content (AvgIpc) is 2.08. The van der Waals surface area contributed by atoms with Crippen molar-refractivity contribution in [3.05, 3.63) is 24.4 Å². The molecule has 0 aliphatic rings. The first-order chi connectivity index (χ1) is 5.70. The molecule has 0 rings (SSSR count). The molecule has 0 unspecified atom stereocenters. The normalized spacial score (nSPS) is 11.4. The highest BCUT2D eigenvalue weighted by Crippen LogP contribution is 1.95. The molecule has 0 saturated carbocycles. The van der Waals surface area contributed by atoms with Gasteiger partial charge >= 0.3 is 0 Å². The van der Waals surface area contributed by atoms with Crippen LogP contribution in [-0.2, 0) is 4.74 Å². The first-order valence-electron chi connectivity index (χ1n) is 4.09. The second-order valence-electron chi connectivity index (χ2n) is 1.88. The van der Waals surface area contributed by atoms with Crippen LogP contribution in [-0.4, -0.2) is 13.0 Å². The van der Waals surface area contributed by atoms with Gasteiger partial charge in [0.2, 0.25) is 0 Å². The van der Waals surface area contributed by atoms with Crippen molar-refractivity contribution in [2.24, 2.45) is 4.99 Å². The molecule has 0 N–H and O–H groups in total. The molecule has 0 aliphatic carbocycles. The molecule has 0 aromatic carbocycles. The lowest BCUT2D eigenvalue weighted by Crippen LogP contribution is -1.92. The van der Waals surface area contributed by atoms with Crippen molar-refractivity contribution in [1.29, 1.82) is 0 Å². The summed E-state index contributed by atoms with van der Waals surface area (Å²) in [6.45, 7) is 11.2. The molecule has 70 valence electrons. The van der Waals surface area contributed by atoms with Gasteiger partial charge in [0.1, 0.15) is 0 Å². The molecule has 0 aromatic rings. The van der Waals surface area contributed by atoms with E-state index >= 15 is 0 Å². The number of hydrogen-bond acceptors (Lipinski definition) is 2. The molecule has 0 bridgehead atoms. The van der Waals surface area contributed by atoms with Gasteiger partial charge < -0.3 is 4.74 Å². The van der Waals surface area contributed by atoms with Crippen molar-refractivity contribution in [3.8, 4) is 0 Å². The lowest BCUT2D eigenvalue weighted by atomic mass is 10.4. The van der Waals surface area contributed by atoms with Crippen LogP contribution in [0.5, 0.6) is 0 Å². The van der Waals surface area contributed by atoms with Crippen LogP contribution in [0, 0.1) is 0 Å². The van der Waals surface area contributed by atoms with Gasteiger partial charge in [0, 0.05) is 12.6 Å². The van der Waals surface area contributed by atoms with Crippen molar-refractivity contribution < 1.29 is 4.74 Å². The highest BCUT2D eigenvalue weighted by Gasteiger charge is 1.85. The highest BCUT2D eigenvalue weighted by molar-refractivity contribution is 5.74. The number of rotatable bonds is 2. The minimum atomic E-state index is 0.663. The summed E-state index contributed by atoms with van der Waals surface area (Å²) in [6, 6.07) is 0. The summed E-state index contributed by atoms with van der Waals surface area (Å²) < 4.78 is 4.84. The summed E-state index contributed by atoms with van der Waals surface area (Å²) >= 11 is 0. The lowest BCUT2D eigenvalue weighted by Gasteiger charge is -1.95. The zero-order chi connectivity index (χ0) is 9.98. The maximum absolute atomic E-state index is 4.84. The zero-order valence-corrected chi connectivity index (χ0v) is 8.72. The molecule has 0 heterocycles. The number of nitrogens with zero attached hydrogens (tertiary/aromatic N) is 1. The fraction of sp³-hybridized carbons (Fsp3) is 0.500. The van der Waals surface area contributed by atoms with Crippen molar-refractivity contribution >= 4 is 5.90 Å². The van der Waals surface area contributed by atoms with Crippen molar-refractivity contribution in [2.75, 3.05) is 7.11 Å². The highest BCUT2D eigenvalue weighted by atomic mass is 16.5. The standard InChI is InChI=1S/C8H13NO.C2H6/c1-5-6-7(2)9-8(3)10-4;1-2/h5-6H,1H2,2-4H3;1-2H3/b7-6+,9-8?;. The molecule has 0 aliphatic heterocycles. The van der Waals surface area contributed by atoms with E-state index in [2.05, 4.69) is 11.6 Å². The van der Waals surface area contributed by atoms with E-state index in [0.29, 0.717) is 5.90 Å². The Hall–Kier alpha value is -1.05. The fourth-order valence-electron chi connectivity index (χ4n) is 0.502. The van der Waals surface area contributed by atoms with Gasteiger partial charge in [0.15, 0.2) is 5.90 Å². The first kappa shape index (κ1) is 13.5. The average molecular weight is 169 g/mol. The number of aliphatic imine (C=N–C) groups is 1. The molecule has 0 aromatic heterocycles. The van der Waals surface area contributed by atoms with Gasteiger partial charge in [-0.05, 0) is 13.0 Å². The Morgan fingerprint density at radius 1 is 1.33 bits per heavy atom. The molecular weight excluding hydrogens is 150 g/mol. The summed E-state index contributed by atoms with van der Waals surface area (Å²) in [6.07, 6.45) is 3.52. The summed E-state index contributed by atoms with van der Waals surface area (Å²) in [5.41, 5.74) is 0.898. The Morgan fingerprint density at radius 2 is 1.83 bits per heavy atom. The minimum absolute atomic E-state index is 0.663. The largest absolute Gasteiger partial charge is 0.484 e. The van der Waals surface area contributed by atoms with E-state index in [4.69, 9.17) is 4.74 Å². The van der Waals surface area contributed by atoms with E-state index in [1.54, 1.807) is 20.1 Å². The summed E-state index contributed by atoms with van der Waals surface area (Å²) in [7, 11) is 1.60. The molecule has 0 radical (unpaired) electrons. The van der Waals surface area contributed by atoms with Crippen LogP contribution in [0.25, 0.3) is 0 Å².